The first-order chi connectivity index (χ1) is 5.63. The lowest BCUT2D eigenvalue weighted by atomic mass is 10.1. The Bertz CT molecular complexity index is 250. The lowest BCUT2D eigenvalue weighted by Gasteiger charge is -2.09. The molecule has 2 heteroatoms. The molecule has 0 aromatic heterocycles. The first-order valence-corrected chi connectivity index (χ1v) is 4.86. The van der Waals surface area contributed by atoms with Crippen LogP contribution in [0.1, 0.15) is 30.1 Å². The van der Waals surface area contributed by atoms with Gasteiger partial charge >= 0.3 is 0 Å². The monoisotopic (exact) mass is 182 g/mol. The molecule has 12 heavy (non-hydrogen) atoms. The van der Waals surface area contributed by atoms with E-state index >= 15 is 0 Å². The zero-order chi connectivity index (χ0) is 9.14. The van der Waals surface area contributed by atoms with Gasteiger partial charge in [0.25, 0.3) is 0 Å². The highest BCUT2D eigenvalue weighted by Gasteiger charge is 2.04. The molecule has 1 N–H and O–H groups in total. The van der Waals surface area contributed by atoms with Crippen LogP contribution >= 0.6 is 9.24 Å². The second kappa shape index (κ2) is 3.91. The Kier molecular flexibility index (Phi) is 3.11. The average Bonchev–Trinajstić information content (AvgIpc) is 2.01. The van der Waals surface area contributed by atoms with Crippen molar-refractivity contribution in [1.29, 1.82) is 0 Å². The van der Waals surface area contributed by atoms with E-state index in [9.17, 15) is 5.11 Å². The van der Waals surface area contributed by atoms with E-state index in [0.29, 0.717) is 11.4 Å². The van der Waals surface area contributed by atoms with Crippen LogP contribution in [0.15, 0.2) is 18.2 Å². The highest BCUT2D eigenvalue weighted by atomic mass is 31.0. The van der Waals surface area contributed by atoms with Crippen LogP contribution in [0, 0.1) is 6.92 Å². The van der Waals surface area contributed by atoms with Gasteiger partial charge in [-0.25, -0.2) is 0 Å². The third-order valence-corrected chi connectivity index (χ3v) is 2.81. The SMILES string of the molecule is CCC(P)c1cc(C)cc(O)c1. The molecule has 0 saturated heterocycles. The molecule has 0 fully saturated rings. The molecule has 0 amide bonds. The molecular weight excluding hydrogens is 167 g/mol. The van der Waals surface area contributed by atoms with Crippen LogP contribution < -0.4 is 0 Å². The molecule has 0 aliphatic heterocycles. The Balaban J connectivity index is 3.00. The predicted molar refractivity (Wildman–Crippen MR) is 55.6 cm³/mol. The molecule has 0 heterocycles. The zero-order valence-corrected chi connectivity index (χ0v) is 8.70. The Labute approximate surface area is 76.0 Å². The highest BCUT2D eigenvalue weighted by Crippen LogP contribution is 2.29. The number of hydrogen-bond donors (Lipinski definition) is 1. The first-order valence-electron chi connectivity index (χ1n) is 4.19. The smallest absolute Gasteiger partial charge is 0.116 e. The maximum atomic E-state index is 9.33. The number of hydrogen-bond acceptors (Lipinski definition) is 1. The summed E-state index contributed by atoms with van der Waals surface area (Å²) < 4.78 is 0. The first kappa shape index (κ1) is 9.54. The van der Waals surface area contributed by atoms with E-state index in [2.05, 4.69) is 22.2 Å². The minimum atomic E-state index is 0.367. The van der Waals surface area contributed by atoms with Crippen LogP contribution in [0.2, 0.25) is 0 Å². The zero-order valence-electron chi connectivity index (χ0n) is 7.54. The van der Waals surface area contributed by atoms with E-state index in [0.717, 1.165) is 12.0 Å². The molecule has 1 aromatic carbocycles. The fourth-order valence-electron chi connectivity index (χ4n) is 1.24. The van der Waals surface area contributed by atoms with Gasteiger partial charge in [0.1, 0.15) is 5.75 Å². The van der Waals surface area contributed by atoms with Crippen LogP contribution in [0.4, 0.5) is 0 Å². The molecular formula is C10H15OP. The van der Waals surface area contributed by atoms with Crippen molar-refractivity contribution >= 4 is 9.24 Å². The van der Waals surface area contributed by atoms with Crippen molar-refractivity contribution in [2.45, 2.75) is 25.9 Å². The van der Waals surface area contributed by atoms with Crippen LogP contribution in [-0.4, -0.2) is 5.11 Å². The lowest BCUT2D eigenvalue weighted by Crippen LogP contribution is -1.88. The fourth-order valence-corrected chi connectivity index (χ4v) is 1.43. The third-order valence-electron chi connectivity index (χ3n) is 1.95. The maximum absolute atomic E-state index is 9.33. The summed E-state index contributed by atoms with van der Waals surface area (Å²) in [7, 11) is 2.78. The number of aromatic hydroxyl groups is 1. The van der Waals surface area contributed by atoms with Crippen molar-refractivity contribution in [2.75, 3.05) is 0 Å². The summed E-state index contributed by atoms with van der Waals surface area (Å²) in [6.07, 6.45) is 1.08. The molecule has 0 aliphatic rings. The Morgan fingerprint density at radius 1 is 1.42 bits per heavy atom. The van der Waals surface area contributed by atoms with Gasteiger partial charge in [0.05, 0.1) is 0 Å². The topological polar surface area (TPSA) is 20.2 Å². The Hall–Kier alpha value is -0.550. The summed E-state index contributed by atoms with van der Waals surface area (Å²) in [6.45, 7) is 4.13. The standard InChI is InChI=1S/C10H15OP/c1-3-10(12)8-4-7(2)5-9(11)6-8/h4-6,10-11H,3,12H2,1-2H3. The van der Waals surface area contributed by atoms with Gasteiger partial charge in [-0.05, 0) is 42.3 Å². The van der Waals surface area contributed by atoms with Gasteiger partial charge in [0.15, 0.2) is 0 Å². The summed E-state index contributed by atoms with van der Waals surface area (Å²) in [5.74, 6) is 0.367. The molecule has 66 valence electrons. The molecule has 0 saturated carbocycles. The highest BCUT2D eigenvalue weighted by molar-refractivity contribution is 7.17. The van der Waals surface area contributed by atoms with Gasteiger partial charge in [-0.2, -0.15) is 0 Å². The quantitative estimate of drug-likeness (QED) is 0.697. The Morgan fingerprint density at radius 3 is 2.58 bits per heavy atom. The summed E-state index contributed by atoms with van der Waals surface area (Å²) in [5, 5.41) is 9.33. The largest absolute Gasteiger partial charge is 0.508 e. The summed E-state index contributed by atoms with van der Waals surface area (Å²) in [5.41, 5.74) is 2.77. The van der Waals surface area contributed by atoms with Crippen molar-refractivity contribution in [2.24, 2.45) is 0 Å². The van der Waals surface area contributed by atoms with Crippen molar-refractivity contribution in [3.63, 3.8) is 0 Å². The molecule has 2 atom stereocenters. The molecule has 1 rings (SSSR count). The van der Waals surface area contributed by atoms with E-state index in [4.69, 9.17) is 0 Å². The number of rotatable bonds is 2. The van der Waals surface area contributed by atoms with Crippen molar-refractivity contribution in [3.8, 4) is 5.75 Å². The van der Waals surface area contributed by atoms with E-state index in [1.165, 1.54) is 5.56 Å². The molecule has 1 aromatic rings. The van der Waals surface area contributed by atoms with Crippen molar-refractivity contribution in [1.82, 2.24) is 0 Å². The minimum Gasteiger partial charge on any atom is -0.508 e. The number of aryl methyl sites for hydroxylation is 1. The van der Waals surface area contributed by atoms with E-state index < -0.39 is 0 Å². The van der Waals surface area contributed by atoms with E-state index in [1.54, 1.807) is 6.07 Å². The van der Waals surface area contributed by atoms with E-state index in [-0.39, 0.29) is 0 Å². The molecule has 0 radical (unpaired) electrons. The van der Waals surface area contributed by atoms with Crippen LogP contribution in [0.5, 0.6) is 5.75 Å². The molecule has 0 bridgehead atoms. The third kappa shape index (κ3) is 2.22. The maximum Gasteiger partial charge on any atom is 0.116 e. The lowest BCUT2D eigenvalue weighted by molar-refractivity contribution is 0.474. The molecule has 0 aliphatic carbocycles. The summed E-state index contributed by atoms with van der Waals surface area (Å²) in [6, 6.07) is 5.71. The van der Waals surface area contributed by atoms with Crippen LogP contribution in [0.25, 0.3) is 0 Å². The van der Waals surface area contributed by atoms with Crippen molar-refractivity contribution < 1.29 is 5.11 Å². The second-order valence-electron chi connectivity index (χ2n) is 3.12. The van der Waals surface area contributed by atoms with Gasteiger partial charge in [-0.1, -0.05) is 13.0 Å². The fraction of sp³-hybridized carbons (Fsp3) is 0.400. The number of phenols is 1. The van der Waals surface area contributed by atoms with Gasteiger partial charge in [-0.3, -0.25) is 0 Å². The average molecular weight is 182 g/mol. The second-order valence-corrected chi connectivity index (χ2v) is 3.92. The van der Waals surface area contributed by atoms with Gasteiger partial charge < -0.3 is 5.11 Å². The van der Waals surface area contributed by atoms with Crippen LogP contribution in [-0.2, 0) is 0 Å². The van der Waals surface area contributed by atoms with E-state index in [1.807, 2.05) is 13.0 Å². The number of phenolic OH excluding ortho intramolecular Hbond substituents is 1. The molecule has 2 unspecified atom stereocenters. The summed E-state index contributed by atoms with van der Waals surface area (Å²) >= 11 is 0. The van der Waals surface area contributed by atoms with Crippen molar-refractivity contribution in [3.05, 3.63) is 29.3 Å². The van der Waals surface area contributed by atoms with Gasteiger partial charge in [0.2, 0.25) is 0 Å². The minimum absolute atomic E-state index is 0.367. The van der Waals surface area contributed by atoms with Gasteiger partial charge in [-0.15, -0.1) is 9.24 Å². The number of benzene rings is 1. The predicted octanol–water partition coefficient (Wildman–Crippen LogP) is 3.03. The van der Waals surface area contributed by atoms with Gasteiger partial charge in [0, 0.05) is 0 Å². The molecule has 0 spiro atoms. The van der Waals surface area contributed by atoms with Crippen LogP contribution in [0.3, 0.4) is 0 Å². The Morgan fingerprint density at radius 2 is 2.08 bits per heavy atom. The molecule has 1 nitrogen and oxygen atoms in total. The normalized spacial score (nSPS) is 12.9. The summed E-state index contributed by atoms with van der Waals surface area (Å²) in [4.78, 5) is 0.